The standard InChI is InChI=1S/C30H29N3O3S.CH4O/c1-20-9-11-26(12-10-20)37-33-28-15-24(22-7-4-5-21(13-22)17-31)14-25(27(28)18-32)19-36-29-8-3-2-6-23(29)16-30(34)35;1-2/h2-15,18,32-33H,16-17,19,31H2,1H3,(H,34,35);2H,1H3. The highest BCUT2D eigenvalue weighted by Gasteiger charge is 2.14. The molecule has 0 unspecified atom stereocenters. The number of nitrogens with two attached hydrogens (primary N) is 1. The minimum absolute atomic E-state index is 0.125. The number of aliphatic hydroxyl groups is 1. The van der Waals surface area contributed by atoms with E-state index in [4.69, 9.17) is 21.0 Å². The fourth-order valence-corrected chi connectivity index (χ4v) is 4.63. The second-order valence-electron chi connectivity index (χ2n) is 8.63. The van der Waals surface area contributed by atoms with E-state index in [2.05, 4.69) is 42.0 Å². The number of aryl methyl sites for hydroxylation is 1. The van der Waals surface area contributed by atoms with Crippen LogP contribution >= 0.6 is 11.9 Å². The van der Waals surface area contributed by atoms with Crippen molar-refractivity contribution in [3.63, 3.8) is 0 Å². The van der Waals surface area contributed by atoms with Gasteiger partial charge in [-0.25, -0.2) is 0 Å². The van der Waals surface area contributed by atoms with Gasteiger partial charge in [0.1, 0.15) is 12.4 Å². The van der Waals surface area contributed by atoms with Crippen molar-refractivity contribution in [2.24, 2.45) is 5.73 Å². The van der Waals surface area contributed by atoms with Crippen LogP contribution in [0.2, 0.25) is 0 Å². The molecule has 0 aliphatic heterocycles. The van der Waals surface area contributed by atoms with Crippen LogP contribution in [0.5, 0.6) is 5.75 Å². The first-order chi connectivity index (χ1) is 19.0. The fraction of sp³-hybridized carbons (Fsp3) is 0.161. The van der Waals surface area contributed by atoms with Crippen molar-refractivity contribution >= 4 is 29.8 Å². The largest absolute Gasteiger partial charge is 0.489 e. The van der Waals surface area contributed by atoms with E-state index in [1.165, 1.54) is 23.7 Å². The first-order valence-electron chi connectivity index (χ1n) is 12.3. The van der Waals surface area contributed by atoms with Crippen LogP contribution in [0, 0.1) is 12.3 Å². The number of nitrogens with one attached hydrogen (secondary N) is 2. The first-order valence-corrected chi connectivity index (χ1v) is 13.1. The molecule has 0 spiro atoms. The third kappa shape index (κ3) is 8.19. The van der Waals surface area contributed by atoms with Gasteiger partial charge in [0, 0.05) is 41.5 Å². The second-order valence-corrected chi connectivity index (χ2v) is 9.51. The number of para-hydroxylation sites is 1. The summed E-state index contributed by atoms with van der Waals surface area (Å²) in [5.74, 6) is -0.405. The monoisotopic (exact) mass is 543 g/mol. The Labute approximate surface area is 233 Å². The number of anilines is 1. The molecule has 0 atom stereocenters. The second kappa shape index (κ2) is 14.7. The van der Waals surface area contributed by atoms with Crippen LogP contribution in [0.15, 0.2) is 89.8 Å². The van der Waals surface area contributed by atoms with Gasteiger partial charge in [-0.15, -0.1) is 0 Å². The van der Waals surface area contributed by atoms with E-state index in [0.29, 0.717) is 23.4 Å². The lowest BCUT2D eigenvalue weighted by atomic mass is 9.97. The van der Waals surface area contributed by atoms with Crippen LogP contribution in [0.3, 0.4) is 0 Å². The van der Waals surface area contributed by atoms with Crippen LogP contribution in [-0.4, -0.2) is 29.5 Å². The van der Waals surface area contributed by atoms with E-state index < -0.39 is 5.97 Å². The molecule has 8 heteroatoms. The molecule has 0 bridgehead atoms. The zero-order valence-electron chi connectivity index (χ0n) is 22.0. The van der Waals surface area contributed by atoms with Crippen LogP contribution in [0.1, 0.15) is 27.8 Å². The normalized spacial score (nSPS) is 10.3. The van der Waals surface area contributed by atoms with E-state index >= 15 is 0 Å². The molecule has 4 aromatic carbocycles. The summed E-state index contributed by atoms with van der Waals surface area (Å²) in [5, 5.41) is 24.4. The molecule has 0 amide bonds. The van der Waals surface area contributed by atoms with Crippen LogP contribution in [-0.2, 0) is 24.4 Å². The molecule has 7 nitrogen and oxygen atoms in total. The van der Waals surface area contributed by atoms with E-state index in [-0.39, 0.29) is 13.0 Å². The number of hydrogen-bond acceptors (Lipinski definition) is 7. The van der Waals surface area contributed by atoms with Crippen LogP contribution in [0.25, 0.3) is 11.1 Å². The molecule has 202 valence electrons. The van der Waals surface area contributed by atoms with E-state index in [0.717, 1.165) is 39.9 Å². The lowest BCUT2D eigenvalue weighted by Gasteiger charge is -2.17. The van der Waals surface area contributed by atoms with Gasteiger partial charge in [-0.1, -0.05) is 54.1 Å². The van der Waals surface area contributed by atoms with Gasteiger partial charge < -0.3 is 30.8 Å². The minimum atomic E-state index is -0.919. The lowest BCUT2D eigenvalue weighted by molar-refractivity contribution is -0.136. The maximum Gasteiger partial charge on any atom is 0.307 e. The SMILES string of the molecule is CO.Cc1ccc(SNc2cc(-c3cccc(CN)c3)cc(COc3ccccc3CC(=O)O)c2C=N)cc1. The Balaban J connectivity index is 0.00000205. The Morgan fingerprint density at radius 2 is 1.72 bits per heavy atom. The summed E-state index contributed by atoms with van der Waals surface area (Å²) >= 11 is 1.48. The van der Waals surface area contributed by atoms with Crippen molar-refractivity contribution in [2.45, 2.75) is 31.4 Å². The quantitative estimate of drug-likeness (QED) is 0.115. The maximum absolute atomic E-state index is 11.3. The van der Waals surface area contributed by atoms with Crippen molar-refractivity contribution in [3.05, 3.63) is 113 Å². The Kier molecular flexibility index (Phi) is 11.1. The number of benzene rings is 4. The Morgan fingerprint density at radius 1 is 0.974 bits per heavy atom. The molecule has 0 aromatic heterocycles. The number of carboxylic acids is 1. The average molecular weight is 544 g/mol. The molecule has 4 rings (SSSR count). The maximum atomic E-state index is 11.3. The van der Waals surface area contributed by atoms with Crippen molar-refractivity contribution in [2.75, 3.05) is 11.8 Å². The number of carboxylic acid groups (broad SMARTS) is 1. The summed E-state index contributed by atoms with van der Waals surface area (Å²) < 4.78 is 9.53. The van der Waals surface area contributed by atoms with Gasteiger partial charge in [0.25, 0.3) is 0 Å². The summed E-state index contributed by atoms with van der Waals surface area (Å²) in [6.07, 6.45) is 1.19. The van der Waals surface area contributed by atoms with Gasteiger partial charge in [-0.3, -0.25) is 4.79 Å². The summed E-state index contributed by atoms with van der Waals surface area (Å²) in [4.78, 5) is 12.3. The third-order valence-corrected chi connectivity index (χ3v) is 6.73. The lowest BCUT2D eigenvalue weighted by Crippen LogP contribution is -2.07. The summed E-state index contributed by atoms with van der Waals surface area (Å²) in [5.41, 5.74) is 13.0. The van der Waals surface area contributed by atoms with Gasteiger partial charge in [0.05, 0.1) is 12.1 Å². The summed E-state index contributed by atoms with van der Waals surface area (Å²) in [6.45, 7) is 2.67. The fourth-order valence-electron chi connectivity index (χ4n) is 3.96. The molecule has 0 fully saturated rings. The van der Waals surface area contributed by atoms with Gasteiger partial charge in [0.15, 0.2) is 0 Å². The van der Waals surface area contributed by atoms with E-state index in [1.807, 2.05) is 36.4 Å². The molecule has 0 saturated carbocycles. The summed E-state index contributed by atoms with van der Waals surface area (Å²) in [7, 11) is 1.00. The van der Waals surface area contributed by atoms with E-state index in [9.17, 15) is 9.90 Å². The molecule has 39 heavy (non-hydrogen) atoms. The highest BCUT2D eigenvalue weighted by molar-refractivity contribution is 8.00. The number of aliphatic hydroxyl groups excluding tert-OH is 1. The predicted molar refractivity (Wildman–Crippen MR) is 159 cm³/mol. The van der Waals surface area contributed by atoms with E-state index in [1.54, 1.807) is 18.2 Å². The smallest absolute Gasteiger partial charge is 0.307 e. The Morgan fingerprint density at radius 3 is 2.41 bits per heavy atom. The predicted octanol–water partition coefficient (Wildman–Crippen LogP) is 6.05. The highest BCUT2D eigenvalue weighted by atomic mass is 32.2. The van der Waals surface area contributed by atoms with Gasteiger partial charge >= 0.3 is 5.97 Å². The zero-order chi connectivity index (χ0) is 28.2. The number of aliphatic carboxylic acids is 1. The van der Waals surface area contributed by atoms with Gasteiger partial charge in [-0.2, -0.15) is 0 Å². The first kappa shape index (κ1) is 29.4. The van der Waals surface area contributed by atoms with Gasteiger partial charge in [-0.05, 0) is 72.0 Å². The molecule has 6 N–H and O–H groups in total. The topological polar surface area (TPSA) is 129 Å². The molecule has 0 aliphatic rings. The molecule has 0 saturated heterocycles. The molecule has 0 heterocycles. The Hall–Kier alpha value is -4.11. The van der Waals surface area contributed by atoms with Crippen molar-refractivity contribution < 1.29 is 19.7 Å². The molecular formula is C31H33N3O4S. The molecule has 0 aliphatic carbocycles. The molecule has 0 radical (unpaired) electrons. The van der Waals surface area contributed by atoms with Crippen molar-refractivity contribution in [1.82, 2.24) is 0 Å². The number of rotatable bonds is 11. The number of ether oxygens (including phenoxy) is 1. The molecule has 4 aromatic rings. The summed E-state index contributed by atoms with van der Waals surface area (Å²) in [6, 6.07) is 27.5. The van der Waals surface area contributed by atoms with Gasteiger partial charge in [0.2, 0.25) is 0 Å². The Bertz CT molecular complexity index is 1410. The number of carbonyl (C=O) groups is 1. The average Bonchev–Trinajstić information content (AvgIpc) is 2.97. The minimum Gasteiger partial charge on any atom is -0.489 e. The molecular weight excluding hydrogens is 510 g/mol. The van der Waals surface area contributed by atoms with Crippen LogP contribution < -0.4 is 15.2 Å². The van der Waals surface area contributed by atoms with Crippen LogP contribution in [0.4, 0.5) is 5.69 Å². The third-order valence-electron chi connectivity index (χ3n) is 5.90. The highest BCUT2D eigenvalue weighted by Crippen LogP contribution is 2.33. The van der Waals surface area contributed by atoms with Crippen molar-refractivity contribution in [3.8, 4) is 16.9 Å². The number of hydrogen-bond donors (Lipinski definition) is 5. The van der Waals surface area contributed by atoms with Crippen molar-refractivity contribution in [1.29, 1.82) is 5.41 Å². The zero-order valence-corrected chi connectivity index (χ0v) is 22.8.